The minimum absolute atomic E-state index is 0.394. The van der Waals surface area contributed by atoms with Crippen molar-refractivity contribution in [3.63, 3.8) is 0 Å². The average Bonchev–Trinajstić information content (AvgIpc) is 2.41. The monoisotopic (exact) mass is 287 g/mol. The average molecular weight is 287 g/mol. The highest BCUT2D eigenvalue weighted by atomic mass is 19.1. The quantitative estimate of drug-likeness (QED) is 0.658. The Hall–Kier alpha value is -2.13. The smallest absolute Gasteiger partial charge is 0.308 e. The van der Waals surface area contributed by atoms with Crippen molar-refractivity contribution in [1.29, 1.82) is 0 Å². The van der Waals surface area contributed by atoms with Crippen molar-refractivity contribution in [2.75, 3.05) is 26.3 Å². The molecule has 1 heterocycles. The molecule has 0 aromatic heterocycles. The Kier molecular flexibility index (Phi) is 4.20. The van der Waals surface area contributed by atoms with Crippen molar-refractivity contribution in [3.8, 4) is 0 Å². The van der Waals surface area contributed by atoms with Crippen LogP contribution in [-0.4, -0.2) is 42.1 Å². The number of nitro benzene ring substituents is 1. The first-order valence-electron chi connectivity index (χ1n) is 5.76. The van der Waals surface area contributed by atoms with Gasteiger partial charge in [-0.25, -0.2) is 9.40 Å². The van der Waals surface area contributed by atoms with Gasteiger partial charge in [0.05, 0.1) is 29.8 Å². The van der Waals surface area contributed by atoms with Crippen LogP contribution in [0.1, 0.15) is 10.4 Å². The highest BCUT2D eigenvalue weighted by molar-refractivity contribution is 5.94. The van der Waals surface area contributed by atoms with Crippen LogP contribution in [0.15, 0.2) is 12.1 Å². The number of hydrazine groups is 1. The highest BCUT2D eigenvalue weighted by Crippen LogP contribution is 2.22. The molecule has 9 heteroatoms. The summed E-state index contributed by atoms with van der Waals surface area (Å²) >= 11 is 0. The Morgan fingerprint density at radius 2 is 2.00 bits per heavy atom. The summed E-state index contributed by atoms with van der Waals surface area (Å²) in [5.41, 5.74) is 0.577. The van der Waals surface area contributed by atoms with E-state index in [9.17, 15) is 23.7 Å². The number of nitrogens with one attached hydrogen (secondary N) is 1. The van der Waals surface area contributed by atoms with E-state index in [1.807, 2.05) is 0 Å². The number of ether oxygens (including phenoxy) is 1. The van der Waals surface area contributed by atoms with Crippen molar-refractivity contribution in [3.05, 3.63) is 39.4 Å². The van der Waals surface area contributed by atoms with E-state index in [1.54, 1.807) is 0 Å². The number of nitrogens with zero attached hydrogens (tertiary/aromatic N) is 2. The Morgan fingerprint density at radius 1 is 1.35 bits per heavy atom. The first-order chi connectivity index (χ1) is 9.49. The van der Waals surface area contributed by atoms with Crippen LogP contribution in [0.4, 0.5) is 14.5 Å². The summed E-state index contributed by atoms with van der Waals surface area (Å²) in [5, 5.41) is 12.1. The fourth-order valence-corrected chi connectivity index (χ4v) is 1.75. The van der Waals surface area contributed by atoms with Gasteiger partial charge in [-0.1, -0.05) is 0 Å². The second-order valence-corrected chi connectivity index (χ2v) is 4.08. The molecule has 0 atom stereocenters. The van der Waals surface area contributed by atoms with Crippen molar-refractivity contribution >= 4 is 11.6 Å². The van der Waals surface area contributed by atoms with Crippen LogP contribution in [0.2, 0.25) is 0 Å². The van der Waals surface area contributed by atoms with E-state index in [2.05, 4.69) is 5.43 Å². The first-order valence-corrected chi connectivity index (χ1v) is 5.76. The predicted octanol–water partition coefficient (Wildman–Crippen LogP) is 0.850. The van der Waals surface area contributed by atoms with Crippen LogP contribution in [0, 0.1) is 21.7 Å². The first kappa shape index (κ1) is 14.3. The third kappa shape index (κ3) is 3.06. The summed E-state index contributed by atoms with van der Waals surface area (Å²) in [5.74, 6) is -3.35. The SMILES string of the molecule is O=C(NN1CCOCC1)c1cc(F)cc([N+](=O)[O-])c1F. The molecule has 0 bridgehead atoms. The van der Waals surface area contributed by atoms with E-state index in [-0.39, 0.29) is 0 Å². The number of rotatable bonds is 3. The van der Waals surface area contributed by atoms with Gasteiger partial charge in [-0.2, -0.15) is 4.39 Å². The number of carbonyl (C=O) groups is 1. The van der Waals surface area contributed by atoms with E-state index >= 15 is 0 Å². The lowest BCUT2D eigenvalue weighted by atomic mass is 10.1. The zero-order valence-corrected chi connectivity index (χ0v) is 10.3. The van der Waals surface area contributed by atoms with Crippen molar-refractivity contribution in [1.82, 2.24) is 10.4 Å². The van der Waals surface area contributed by atoms with Crippen LogP contribution in [0.25, 0.3) is 0 Å². The molecule has 1 fully saturated rings. The van der Waals surface area contributed by atoms with E-state index in [0.717, 1.165) is 0 Å². The van der Waals surface area contributed by atoms with Gasteiger partial charge in [0.1, 0.15) is 5.82 Å². The molecule has 2 rings (SSSR count). The van der Waals surface area contributed by atoms with E-state index in [4.69, 9.17) is 4.74 Å². The third-order valence-electron chi connectivity index (χ3n) is 2.73. The largest absolute Gasteiger partial charge is 0.379 e. The third-order valence-corrected chi connectivity index (χ3v) is 2.73. The lowest BCUT2D eigenvalue weighted by Crippen LogP contribution is -2.48. The van der Waals surface area contributed by atoms with Crippen LogP contribution in [-0.2, 0) is 4.74 Å². The molecule has 1 aliphatic heterocycles. The summed E-state index contributed by atoms with van der Waals surface area (Å²) in [6.07, 6.45) is 0. The number of hydrogen-bond acceptors (Lipinski definition) is 5. The number of benzene rings is 1. The number of amides is 1. The number of halogens is 2. The summed E-state index contributed by atoms with van der Waals surface area (Å²) in [4.78, 5) is 21.3. The fourth-order valence-electron chi connectivity index (χ4n) is 1.75. The van der Waals surface area contributed by atoms with Gasteiger partial charge in [0.15, 0.2) is 0 Å². The molecule has 1 amide bonds. The highest BCUT2D eigenvalue weighted by Gasteiger charge is 2.25. The summed E-state index contributed by atoms with van der Waals surface area (Å²) in [7, 11) is 0. The van der Waals surface area contributed by atoms with E-state index < -0.39 is 33.7 Å². The lowest BCUT2D eigenvalue weighted by Gasteiger charge is -2.26. The standard InChI is InChI=1S/C11H11F2N3O4/c12-7-5-8(10(13)9(6-7)16(18)19)11(17)14-15-1-3-20-4-2-15/h5-6H,1-4H2,(H,14,17). The molecule has 20 heavy (non-hydrogen) atoms. The van der Waals surface area contributed by atoms with Gasteiger partial charge >= 0.3 is 5.69 Å². The Labute approximate surface area is 112 Å². The lowest BCUT2D eigenvalue weighted by molar-refractivity contribution is -0.387. The molecule has 0 radical (unpaired) electrons. The Morgan fingerprint density at radius 3 is 2.60 bits per heavy atom. The Balaban J connectivity index is 2.22. The van der Waals surface area contributed by atoms with Crippen molar-refractivity contribution in [2.45, 2.75) is 0 Å². The van der Waals surface area contributed by atoms with E-state index in [1.165, 1.54) is 5.01 Å². The van der Waals surface area contributed by atoms with Crippen LogP contribution < -0.4 is 5.43 Å². The second-order valence-electron chi connectivity index (χ2n) is 4.08. The molecule has 1 aliphatic rings. The molecule has 0 saturated carbocycles. The van der Waals surface area contributed by atoms with Crippen molar-refractivity contribution < 1.29 is 23.2 Å². The minimum atomic E-state index is -1.36. The number of morpholine rings is 1. The molecule has 0 unspecified atom stereocenters. The van der Waals surface area contributed by atoms with Gasteiger partial charge in [-0.15, -0.1) is 0 Å². The van der Waals surface area contributed by atoms with Gasteiger partial charge in [0, 0.05) is 13.1 Å². The fraction of sp³-hybridized carbons (Fsp3) is 0.364. The van der Waals surface area contributed by atoms with E-state index in [0.29, 0.717) is 38.4 Å². The predicted molar refractivity (Wildman–Crippen MR) is 62.9 cm³/mol. The number of carbonyl (C=O) groups excluding carboxylic acids is 1. The number of hydrogen-bond donors (Lipinski definition) is 1. The molecule has 108 valence electrons. The van der Waals surface area contributed by atoms with Gasteiger partial charge < -0.3 is 4.74 Å². The molecular formula is C11H11F2N3O4. The van der Waals surface area contributed by atoms with Crippen LogP contribution in [0.3, 0.4) is 0 Å². The molecule has 0 spiro atoms. The molecular weight excluding hydrogens is 276 g/mol. The maximum atomic E-state index is 13.8. The topological polar surface area (TPSA) is 84.7 Å². The molecule has 1 aromatic carbocycles. The van der Waals surface area contributed by atoms with Gasteiger partial charge in [0.25, 0.3) is 5.91 Å². The zero-order valence-electron chi connectivity index (χ0n) is 10.3. The molecule has 1 saturated heterocycles. The van der Waals surface area contributed by atoms with Crippen LogP contribution >= 0.6 is 0 Å². The van der Waals surface area contributed by atoms with Crippen molar-refractivity contribution in [2.24, 2.45) is 0 Å². The maximum Gasteiger partial charge on any atom is 0.308 e. The number of nitro groups is 1. The van der Waals surface area contributed by atoms with Gasteiger partial charge in [0.2, 0.25) is 5.82 Å². The Bertz CT molecular complexity index is 547. The summed E-state index contributed by atoms with van der Waals surface area (Å²) in [6.45, 7) is 1.58. The van der Waals surface area contributed by atoms with Gasteiger partial charge in [-0.05, 0) is 6.07 Å². The molecule has 7 nitrogen and oxygen atoms in total. The molecule has 0 aliphatic carbocycles. The zero-order chi connectivity index (χ0) is 14.7. The molecule has 1 N–H and O–H groups in total. The maximum absolute atomic E-state index is 13.8. The second kappa shape index (κ2) is 5.88. The summed E-state index contributed by atoms with van der Waals surface area (Å²) in [6, 6.07) is 1.05. The van der Waals surface area contributed by atoms with Crippen LogP contribution in [0.5, 0.6) is 0 Å². The minimum Gasteiger partial charge on any atom is -0.379 e. The molecule has 1 aromatic rings. The van der Waals surface area contributed by atoms with Gasteiger partial charge in [-0.3, -0.25) is 20.3 Å². The normalized spacial score (nSPS) is 15.9. The summed E-state index contributed by atoms with van der Waals surface area (Å²) < 4.78 is 32.1.